The van der Waals surface area contributed by atoms with Crippen molar-refractivity contribution in [2.24, 2.45) is 5.73 Å². The summed E-state index contributed by atoms with van der Waals surface area (Å²) in [6, 6.07) is 5.95. The van der Waals surface area contributed by atoms with Crippen molar-refractivity contribution in [2.45, 2.75) is 6.42 Å². The second-order valence-electron chi connectivity index (χ2n) is 2.74. The molecule has 0 atom stereocenters. The lowest BCUT2D eigenvalue weighted by atomic mass is 10.4. The summed E-state index contributed by atoms with van der Waals surface area (Å²) in [5.41, 5.74) is 7.48. The molecule has 0 aromatic carbocycles. The van der Waals surface area contributed by atoms with Crippen LogP contribution in [0.1, 0.15) is 5.69 Å². The smallest absolute Gasteiger partial charge is 0.136 e. The third-order valence-electron chi connectivity index (χ3n) is 1.81. The van der Waals surface area contributed by atoms with E-state index in [0.717, 1.165) is 17.8 Å². The monoisotopic (exact) mass is 163 g/mol. The van der Waals surface area contributed by atoms with E-state index in [1.165, 1.54) is 0 Å². The second-order valence-corrected chi connectivity index (χ2v) is 2.74. The highest BCUT2D eigenvalue weighted by atomic mass is 15.3. The van der Waals surface area contributed by atoms with Crippen molar-refractivity contribution < 1.29 is 0 Å². The molecule has 12 heavy (non-hydrogen) atoms. The van der Waals surface area contributed by atoms with Crippen LogP contribution in [0.5, 0.6) is 0 Å². The number of rotatable bonds is 2. The summed E-state index contributed by atoms with van der Waals surface area (Å²) in [4.78, 5) is 4.39. The number of nitrogens with zero attached hydrogens (tertiary/aromatic N) is 2. The number of pyridine rings is 1. The molecule has 2 aromatic rings. The normalized spacial score (nSPS) is 10.8. The Kier molecular flexibility index (Phi) is 1.80. The molecule has 0 fully saturated rings. The third-order valence-corrected chi connectivity index (χ3v) is 1.81. The Morgan fingerprint density at radius 1 is 1.50 bits per heavy atom. The second kappa shape index (κ2) is 2.95. The predicted octanol–water partition coefficient (Wildman–Crippen LogP) is 0.835. The fourth-order valence-corrected chi connectivity index (χ4v) is 1.26. The van der Waals surface area contributed by atoms with Crippen LogP contribution in [0.3, 0.4) is 0 Å². The van der Waals surface area contributed by atoms with Crippen LogP contribution in [0, 0.1) is 0 Å². The summed E-state index contributed by atoms with van der Waals surface area (Å²) in [7, 11) is 0. The van der Waals surface area contributed by atoms with Gasteiger partial charge in [0.25, 0.3) is 0 Å². The molecule has 2 N–H and O–H groups in total. The van der Waals surface area contributed by atoms with Gasteiger partial charge in [-0.1, -0.05) is 6.07 Å². The molecule has 2 heterocycles. The molecule has 0 bridgehead atoms. The predicted molar refractivity (Wildman–Crippen MR) is 48.0 cm³/mol. The van der Waals surface area contributed by atoms with Gasteiger partial charge in [-0.25, -0.2) is 4.98 Å². The molecule has 3 nitrogen and oxygen atoms in total. The minimum Gasteiger partial charge on any atom is -0.330 e. The minimum atomic E-state index is 0.657. The standard InChI is InChI=1S/C9H11N3/c10-5-4-8-7-12-6-2-1-3-9(12)11-8/h1-3,6-7H,4-5,10H2/i7+2. The lowest BCUT2D eigenvalue weighted by Gasteiger charge is -1.86. The van der Waals surface area contributed by atoms with E-state index in [1.54, 1.807) is 0 Å². The van der Waals surface area contributed by atoms with Crippen molar-refractivity contribution in [1.29, 1.82) is 0 Å². The highest BCUT2D eigenvalue weighted by Gasteiger charge is 1.97. The first-order valence-electron chi connectivity index (χ1n) is 4.03. The zero-order chi connectivity index (χ0) is 8.39. The Labute approximate surface area is 70.8 Å². The molecule has 0 amide bonds. The van der Waals surface area contributed by atoms with E-state index in [2.05, 4.69) is 4.98 Å². The van der Waals surface area contributed by atoms with Crippen LogP contribution in [-0.4, -0.2) is 15.9 Å². The average molecular weight is 163 g/mol. The molecule has 0 aliphatic heterocycles. The number of hydrogen-bond donors (Lipinski definition) is 1. The van der Waals surface area contributed by atoms with E-state index in [0.29, 0.717) is 6.54 Å². The van der Waals surface area contributed by atoms with E-state index >= 15 is 0 Å². The zero-order valence-electron chi connectivity index (χ0n) is 6.77. The number of aromatic nitrogens is 2. The maximum atomic E-state index is 5.43. The Balaban J connectivity index is 2.47. The van der Waals surface area contributed by atoms with Gasteiger partial charge in [-0.2, -0.15) is 0 Å². The summed E-state index contributed by atoms with van der Waals surface area (Å²) in [6.07, 6.45) is 4.85. The summed E-state index contributed by atoms with van der Waals surface area (Å²) >= 11 is 0. The SMILES string of the molecule is NCCc1[14cH]n2ccccc2n1. The molecular formula is C9H11N3. The van der Waals surface area contributed by atoms with Crippen molar-refractivity contribution in [3.63, 3.8) is 0 Å². The van der Waals surface area contributed by atoms with Crippen LogP contribution in [0.2, 0.25) is 0 Å². The Hall–Kier alpha value is -1.35. The Morgan fingerprint density at radius 3 is 3.17 bits per heavy atom. The molecule has 3 heteroatoms. The van der Waals surface area contributed by atoms with Gasteiger partial charge in [-0.05, 0) is 18.7 Å². The van der Waals surface area contributed by atoms with Gasteiger partial charge in [-0.3, -0.25) is 0 Å². The van der Waals surface area contributed by atoms with Gasteiger partial charge in [0.1, 0.15) is 5.65 Å². The molecule has 0 saturated carbocycles. The van der Waals surface area contributed by atoms with Gasteiger partial charge in [0.2, 0.25) is 0 Å². The minimum absolute atomic E-state index is 0.657. The molecule has 0 unspecified atom stereocenters. The van der Waals surface area contributed by atoms with Crippen molar-refractivity contribution >= 4 is 5.65 Å². The molecule has 0 saturated heterocycles. The highest BCUT2D eigenvalue weighted by Crippen LogP contribution is 2.03. The molecule has 62 valence electrons. The van der Waals surface area contributed by atoms with Crippen LogP contribution < -0.4 is 5.73 Å². The first-order valence-corrected chi connectivity index (χ1v) is 4.03. The zero-order valence-corrected chi connectivity index (χ0v) is 6.77. The van der Waals surface area contributed by atoms with Crippen LogP contribution in [0.15, 0.2) is 30.6 Å². The Bertz CT molecular complexity index is 345. The first kappa shape index (κ1) is 7.31. The summed E-state index contributed by atoms with van der Waals surface area (Å²) in [6.45, 7) is 0.657. The fourth-order valence-electron chi connectivity index (χ4n) is 1.26. The van der Waals surface area contributed by atoms with Gasteiger partial charge in [-0.15, -0.1) is 0 Å². The largest absolute Gasteiger partial charge is 0.330 e. The first-order chi connectivity index (χ1) is 5.90. The molecular weight excluding hydrogens is 152 g/mol. The van der Waals surface area contributed by atoms with Gasteiger partial charge in [0, 0.05) is 18.8 Å². The highest BCUT2D eigenvalue weighted by molar-refractivity contribution is 5.39. The van der Waals surface area contributed by atoms with Crippen molar-refractivity contribution in [2.75, 3.05) is 6.54 Å². The molecule has 2 aromatic heterocycles. The van der Waals surface area contributed by atoms with Crippen molar-refractivity contribution in [3.05, 3.63) is 36.3 Å². The van der Waals surface area contributed by atoms with Crippen molar-refractivity contribution in [1.82, 2.24) is 9.38 Å². The topological polar surface area (TPSA) is 43.3 Å². The molecule has 0 spiro atoms. The van der Waals surface area contributed by atoms with E-state index < -0.39 is 0 Å². The summed E-state index contributed by atoms with van der Waals surface area (Å²) in [5.74, 6) is 0. The number of hydrogen-bond acceptors (Lipinski definition) is 2. The fraction of sp³-hybridized carbons (Fsp3) is 0.222. The van der Waals surface area contributed by atoms with Gasteiger partial charge in [0.15, 0.2) is 0 Å². The quantitative estimate of drug-likeness (QED) is 0.712. The van der Waals surface area contributed by atoms with Crippen molar-refractivity contribution in [3.8, 4) is 0 Å². The summed E-state index contributed by atoms with van der Waals surface area (Å²) < 4.78 is 2.00. The molecule has 2 rings (SSSR count). The van der Waals surface area contributed by atoms with E-state index in [9.17, 15) is 0 Å². The Morgan fingerprint density at radius 2 is 2.42 bits per heavy atom. The van der Waals surface area contributed by atoms with Crippen LogP contribution in [-0.2, 0) is 6.42 Å². The maximum absolute atomic E-state index is 5.43. The van der Waals surface area contributed by atoms with Crippen LogP contribution >= 0.6 is 0 Å². The van der Waals surface area contributed by atoms with E-state index in [1.807, 2.05) is 35.0 Å². The molecule has 0 aliphatic carbocycles. The van der Waals surface area contributed by atoms with Crippen LogP contribution in [0.25, 0.3) is 5.65 Å². The number of fused-ring (bicyclic) bond motifs is 1. The van der Waals surface area contributed by atoms with E-state index in [-0.39, 0.29) is 0 Å². The van der Waals surface area contributed by atoms with Gasteiger partial charge in [0.05, 0.1) is 5.69 Å². The third kappa shape index (κ3) is 1.19. The lowest BCUT2D eigenvalue weighted by molar-refractivity contribution is 0.937. The van der Waals surface area contributed by atoms with Gasteiger partial charge < -0.3 is 10.1 Å². The molecule has 0 radical (unpaired) electrons. The van der Waals surface area contributed by atoms with E-state index in [4.69, 9.17) is 5.73 Å². The number of nitrogens with two attached hydrogens (primary N) is 1. The number of imidazole rings is 1. The lowest BCUT2D eigenvalue weighted by Crippen LogP contribution is -2.02. The van der Waals surface area contributed by atoms with Crippen LogP contribution in [0.4, 0.5) is 0 Å². The summed E-state index contributed by atoms with van der Waals surface area (Å²) in [5, 5.41) is 0. The molecule has 0 aliphatic rings. The maximum Gasteiger partial charge on any atom is 0.136 e. The average Bonchev–Trinajstić information content (AvgIpc) is 2.47. The van der Waals surface area contributed by atoms with Gasteiger partial charge >= 0.3 is 0 Å².